The van der Waals surface area contributed by atoms with E-state index in [9.17, 15) is 0 Å². The van der Waals surface area contributed by atoms with Crippen molar-refractivity contribution in [2.75, 3.05) is 24.5 Å². The second kappa shape index (κ2) is 7.67. The quantitative estimate of drug-likeness (QED) is 0.773. The number of hydrogen-bond acceptors (Lipinski definition) is 4. The molecule has 1 heterocycles. The van der Waals surface area contributed by atoms with Crippen LogP contribution in [0.1, 0.15) is 39.0 Å². The first-order chi connectivity index (χ1) is 8.21. The van der Waals surface area contributed by atoms with Crippen molar-refractivity contribution in [3.05, 3.63) is 11.1 Å². The molecule has 1 N–H and O–H groups in total. The smallest absolute Gasteiger partial charge is 0.185 e. The third kappa shape index (κ3) is 4.64. The van der Waals surface area contributed by atoms with Crippen LogP contribution < -0.4 is 10.2 Å². The number of hydrogen-bond donors (Lipinski definition) is 1. The molecule has 1 atom stereocenters. The van der Waals surface area contributed by atoms with Crippen molar-refractivity contribution >= 4 is 16.5 Å². The maximum absolute atomic E-state index is 4.48. The Balaban J connectivity index is 2.40. The number of nitrogens with zero attached hydrogens (tertiary/aromatic N) is 2. The molecule has 0 aliphatic carbocycles. The number of anilines is 1. The molecular weight excluding hydrogens is 230 g/mol. The summed E-state index contributed by atoms with van der Waals surface area (Å²) in [5, 5.41) is 4.64. The van der Waals surface area contributed by atoms with Crippen LogP contribution in [0.4, 0.5) is 5.13 Å². The fourth-order valence-electron chi connectivity index (χ4n) is 1.61. The molecule has 0 saturated heterocycles. The van der Waals surface area contributed by atoms with Crippen molar-refractivity contribution in [3.8, 4) is 0 Å². The van der Waals surface area contributed by atoms with E-state index in [0.717, 1.165) is 37.2 Å². The molecule has 0 aliphatic rings. The van der Waals surface area contributed by atoms with Crippen molar-refractivity contribution in [2.24, 2.45) is 5.92 Å². The lowest BCUT2D eigenvalue weighted by Crippen LogP contribution is -2.21. The van der Waals surface area contributed by atoms with Crippen molar-refractivity contribution < 1.29 is 0 Å². The molecule has 0 aromatic carbocycles. The van der Waals surface area contributed by atoms with E-state index in [1.165, 1.54) is 11.3 Å². The molecule has 1 aromatic rings. The molecule has 0 spiro atoms. The highest BCUT2D eigenvalue weighted by atomic mass is 32.1. The average Bonchev–Trinajstić information content (AvgIpc) is 2.79. The second-order valence-corrected chi connectivity index (χ2v) is 5.52. The molecule has 0 fully saturated rings. The fraction of sp³-hybridized carbons (Fsp3) is 0.769. The Morgan fingerprint density at radius 3 is 2.65 bits per heavy atom. The van der Waals surface area contributed by atoms with Gasteiger partial charge < -0.3 is 10.2 Å². The number of nitrogens with one attached hydrogen (secondary N) is 1. The van der Waals surface area contributed by atoms with Gasteiger partial charge >= 0.3 is 0 Å². The summed E-state index contributed by atoms with van der Waals surface area (Å²) in [6.07, 6.45) is 3.24. The van der Waals surface area contributed by atoms with E-state index in [1.54, 1.807) is 11.3 Å². The minimum atomic E-state index is 0.755. The van der Waals surface area contributed by atoms with Crippen LogP contribution in [-0.2, 0) is 6.54 Å². The summed E-state index contributed by atoms with van der Waals surface area (Å²) in [5.41, 5.74) is 0. The van der Waals surface area contributed by atoms with Gasteiger partial charge in [0.25, 0.3) is 0 Å². The number of aromatic nitrogens is 1. The Morgan fingerprint density at radius 1 is 1.35 bits per heavy atom. The first-order valence-electron chi connectivity index (χ1n) is 6.61. The Kier molecular flexibility index (Phi) is 6.52. The summed E-state index contributed by atoms with van der Waals surface area (Å²) in [6, 6.07) is 0. The van der Waals surface area contributed by atoms with Gasteiger partial charge in [-0.3, -0.25) is 0 Å². The first-order valence-corrected chi connectivity index (χ1v) is 7.43. The van der Waals surface area contributed by atoms with Gasteiger partial charge in [-0.15, -0.1) is 11.3 Å². The van der Waals surface area contributed by atoms with Crippen LogP contribution in [0.25, 0.3) is 0 Å². The molecule has 1 rings (SSSR count). The average molecular weight is 255 g/mol. The van der Waals surface area contributed by atoms with Crippen LogP contribution in [0.5, 0.6) is 0 Å². The zero-order chi connectivity index (χ0) is 12.7. The van der Waals surface area contributed by atoms with Gasteiger partial charge in [0.15, 0.2) is 5.13 Å². The van der Waals surface area contributed by atoms with E-state index in [-0.39, 0.29) is 0 Å². The van der Waals surface area contributed by atoms with E-state index in [0.29, 0.717) is 0 Å². The minimum absolute atomic E-state index is 0.755. The van der Waals surface area contributed by atoms with Gasteiger partial charge in [-0.2, -0.15) is 0 Å². The van der Waals surface area contributed by atoms with Gasteiger partial charge in [-0.05, 0) is 26.3 Å². The predicted octanol–water partition coefficient (Wildman–Crippen LogP) is 3.13. The van der Waals surface area contributed by atoms with Gasteiger partial charge in [0.1, 0.15) is 0 Å². The zero-order valence-electron chi connectivity index (χ0n) is 11.5. The number of thiazole rings is 1. The number of rotatable bonds is 8. The molecule has 0 bridgehead atoms. The monoisotopic (exact) mass is 255 g/mol. The standard InChI is InChI=1S/C13H25N3S/c1-5-11(4)8-14-9-12-10-15-13(17-12)16(6-2)7-3/h10-11,14H,5-9H2,1-4H3. The van der Waals surface area contributed by atoms with Crippen LogP contribution in [0, 0.1) is 5.92 Å². The lowest BCUT2D eigenvalue weighted by atomic mass is 10.1. The van der Waals surface area contributed by atoms with E-state index < -0.39 is 0 Å². The van der Waals surface area contributed by atoms with E-state index in [4.69, 9.17) is 0 Å². The van der Waals surface area contributed by atoms with Crippen LogP contribution in [0.15, 0.2) is 6.20 Å². The Hall–Kier alpha value is -0.610. The molecule has 1 aromatic heterocycles. The molecule has 0 amide bonds. The lowest BCUT2D eigenvalue weighted by molar-refractivity contribution is 0.501. The van der Waals surface area contributed by atoms with Crippen LogP contribution in [-0.4, -0.2) is 24.6 Å². The minimum Gasteiger partial charge on any atom is -0.349 e. The maximum Gasteiger partial charge on any atom is 0.185 e. The van der Waals surface area contributed by atoms with Crippen LogP contribution >= 0.6 is 11.3 Å². The normalized spacial score (nSPS) is 12.7. The van der Waals surface area contributed by atoms with Gasteiger partial charge in [-0.25, -0.2) is 4.98 Å². The molecule has 3 nitrogen and oxygen atoms in total. The molecule has 1 unspecified atom stereocenters. The maximum atomic E-state index is 4.48. The topological polar surface area (TPSA) is 28.2 Å². The summed E-state index contributed by atoms with van der Waals surface area (Å²) in [6.45, 7) is 13.0. The van der Waals surface area contributed by atoms with Gasteiger partial charge in [-0.1, -0.05) is 20.3 Å². The molecule has 4 heteroatoms. The third-order valence-electron chi connectivity index (χ3n) is 3.06. The lowest BCUT2D eigenvalue weighted by Gasteiger charge is -2.16. The Morgan fingerprint density at radius 2 is 2.06 bits per heavy atom. The highest BCUT2D eigenvalue weighted by molar-refractivity contribution is 7.15. The Bertz CT molecular complexity index is 307. The largest absolute Gasteiger partial charge is 0.349 e. The van der Waals surface area contributed by atoms with Crippen LogP contribution in [0.3, 0.4) is 0 Å². The third-order valence-corrected chi connectivity index (χ3v) is 4.12. The van der Waals surface area contributed by atoms with Gasteiger partial charge in [0.05, 0.1) is 0 Å². The highest BCUT2D eigenvalue weighted by Gasteiger charge is 2.07. The van der Waals surface area contributed by atoms with Gasteiger partial charge in [0.2, 0.25) is 0 Å². The Labute approximate surface area is 109 Å². The van der Waals surface area contributed by atoms with E-state index in [2.05, 4.69) is 42.9 Å². The van der Waals surface area contributed by atoms with Crippen LogP contribution in [0.2, 0.25) is 0 Å². The molecule has 17 heavy (non-hydrogen) atoms. The van der Waals surface area contributed by atoms with E-state index >= 15 is 0 Å². The molecule has 0 aliphatic heterocycles. The summed E-state index contributed by atoms with van der Waals surface area (Å²) >= 11 is 1.80. The summed E-state index contributed by atoms with van der Waals surface area (Å²) < 4.78 is 0. The molecule has 98 valence electrons. The van der Waals surface area contributed by atoms with Crippen molar-refractivity contribution in [1.82, 2.24) is 10.3 Å². The summed E-state index contributed by atoms with van der Waals surface area (Å²) in [7, 11) is 0. The molecule has 0 saturated carbocycles. The molecule has 0 radical (unpaired) electrons. The second-order valence-electron chi connectivity index (χ2n) is 4.43. The van der Waals surface area contributed by atoms with Crippen molar-refractivity contribution in [1.29, 1.82) is 0 Å². The first kappa shape index (κ1) is 14.5. The van der Waals surface area contributed by atoms with E-state index in [1.807, 2.05) is 6.20 Å². The predicted molar refractivity (Wildman–Crippen MR) is 76.8 cm³/mol. The highest BCUT2D eigenvalue weighted by Crippen LogP contribution is 2.21. The van der Waals surface area contributed by atoms with Gasteiger partial charge in [0, 0.05) is 30.7 Å². The zero-order valence-corrected chi connectivity index (χ0v) is 12.3. The SMILES string of the molecule is CCC(C)CNCc1cnc(N(CC)CC)s1. The molecular formula is C13H25N3S. The summed E-state index contributed by atoms with van der Waals surface area (Å²) in [4.78, 5) is 8.10. The summed E-state index contributed by atoms with van der Waals surface area (Å²) in [5.74, 6) is 0.755. The van der Waals surface area contributed by atoms with Crippen molar-refractivity contribution in [2.45, 2.75) is 40.7 Å². The fourth-order valence-corrected chi connectivity index (χ4v) is 2.61. The van der Waals surface area contributed by atoms with Crippen molar-refractivity contribution in [3.63, 3.8) is 0 Å².